The molecule has 13 heteroatoms. The third-order valence-electron chi connectivity index (χ3n) is 5.55. The molecule has 3 aromatic rings. The van der Waals surface area contributed by atoms with Gasteiger partial charge in [-0.15, -0.1) is 5.10 Å². The van der Waals surface area contributed by atoms with Crippen molar-refractivity contribution in [3.05, 3.63) is 69.7 Å². The Hall–Kier alpha value is -3.14. The second kappa shape index (κ2) is 14.1. The summed E-state index contributed by atoms with van der Waals surface area (Å²) in [6.45, 7) is 1.56. The maximum Gasteiger partial charge on any atom is 1.00 e. The van der Waals surface area contributed by atoms with Gasteiger partial charge in [-0.25, -0.2) is 0 Å². The molecule has 0 unspecified atom stereocenters. The van der Waals surface area contributed by atoms with Crippen molar-refractivity contribution in [2.75, 3.05) is 18.0 Å². The molecule has 1 heterocycles. The Bertz CT molecular complexity index is 1460. The van der Waals surface area contributed by atoms with Crippen LogP contribution in [0.3, 0.4) is 0 Å². The summed E-state index contributed by atoms with van der Waals surface area (Å²) in [5.41, 5.74) is 1.84. The number of nitrogens with one attached hydrogen (secondary N) is 1. The molecule has 0 fully saturated rings. The number of benzene rings is 2. The number of aliphatic carboxylic acids is 1. The van der Waals surface area contributed by atoms with E-state index in [9.17, 15) is 20.1 Å². The van der Waals surface area contributed by atoms with Gasteiger partial charge in [0.05, 0.1) is 37.4 Å². The smallest absolute Gasteiger partial charge is 0.862 e. The first-order valence-corrected chi connectivity index (χ1v) is 12.0. The van der Waals surface area contributed by atoms with E-state index in [4.69, 9.17) is 29.1 Å². The van der Waals surface area contributed by atoms with Crippen molar-refractivity contribution in [1.82, 2.24) is 9.78 Å². The van der Waals surface area contributed by atoms with Gasteiger partial charge in [-0.2, -0.15) is 14.5 Å². The topological polar surface area (TPSA) is 147 Å². The van der Waals surface area contributed by atoms with Crippen LogP contribution in [0.5, 0.6) is 0 Å². The minimum atomic E-state index is -1.35. The fraction of sp³-hybridized carbons (Fsp3) is 0.240. The van der Waals surface area contributed by atoms with Crippen LogP contribution in [0.15, 0.2) is 53.5 Å². The van der Waals surface area contributed by atoms with E-state index in [-0.39, 0.29) is 66.2 Å². The molecule has 0 aliphatic rings. The van der Waals surface area contributed by atoms with Crippen LogP contribution >= 0.6 is 23.8 Å². The molecule has 2 N–H and O–H groups in total. The summed E-state index contributed by atoms with van der Waals surface area (Å²) in [5, 5.41) is 46.3. The third-order valence-corrected chi connectivity index (χ3v) is 6.06. The fourth-order valence-electron chi connectivity index (χ4n) is 3.74. The van der Waals surface area contributed by atoms with Crippen LogP contribution in [0.1, 0.15) is 24.2 Å². The third kappa shape index (κ3) is 7.93. The SMILES string of the molecule is Cc1n(C)[nH]c(=S)[n+]1-c1ccc(N=C([O-])CCCN(CC(=O)[O-])c2cc(Cl)ccc2/C(O)=C/C#N)cc1.[Na+]. The molecule has 3 rings (SSSR count). The number of nitrogens with zero attached hydrogens (tertiary/aromatic N) is 5. The fourth-order valence-corrected chi connectivity index (χ4v) is 4.28. The van der Waals surface area contributed by atoms with Crippen molar-refractivity contribution in [3.63, 3.8) is 0 Å². The van der Waals surface area contributed by atoms with Gasteiger partial charge in [-0.05, 0) is 73.4 Å². The molecule has 0 aliphatic heterocycles. The zero-order valence-electron chi connectivity index (χ0n) is 21.1. The quantitative estimate of drug-likeness (QED) is 0.0623. The van der Waals surface area contributed by atoms with Gasteiger partial charge in [0.2, 0.25) is 5.82 Å². The molecular weight excluding hydrogens is 539 g/mol. The summed E-state index contributed by atoms with van der Waals surface area (Å²) in [4.78, 5) is 16.9. The number of aliphatic imine (C=N–C) groups is 1. The molecule has 0 spiro atoms. The molecule has 2 aromatic carbocycles. The number of nitriles is 1. The van der Waals surface area contributed by atoms with Crippen LogP contribution in [0.25, 0.3) is 11.4 Å². The Morgan fingerprint density at radius 1 is 1.32 bits per heavy atom. The van der Waals surface area contributed by atoms with Crippen molar-refractivity contribution < 1.29 is 54.2 Å². The van der Waals surface area contributed by atoms with Gasteiger partial charge in [-0.3, -0.25) is 4.99 Å². The average Bonchev–Trinajstić information content (AvgIpc) is 3.09. The summed E-state index contributed by atoms with van der Waals surface area (Å²) in [7, 11) is 1.86. The molecule has 38 heavy (non-hydrogen) atoms. The second-order valence-corrected chi connectivity index (χ2v) is 8.92. The number of rotatable bonds is 10. The van der Waals surface area contributed by atoms with Gasteiger partial charge >= 0.3 is 34.3 Å². The van der Waals surface area contributed by atoms with Gasteiger partial charge in [-0.1, -0.05) is 11.6 Å². The molecule has 0 atom stereocenters. The first-order valence-electron chi connectivity index (χ1n) is 11.2. The maximum atomic E-state index is 12.5. The van der Waals surface area contributed by atoms with E-state index in [2.05, 4.69) is 10.1 Å². The molecule has 0 aliphatic carbocycles. The number of aromatic amines is 1. The monoisotopic (exact) mass is 562 g/mol. The number of aryl methyl sites for hydroxylation is 1. The standard InChI is InChI=1S/C25H25ClN6O4S.Na/c1-16-30(2)29-25(37)32(16)19-8-6-18(7-9-19)28-23(34)4-3-13-31(15-24(35)36)21-14-17(26)5-10-20(21)22(33)11-12-27;/h5-11,14H,3-4,13,15H2,1-2H3,(H3-,28,29,33,34,35,36,37);/q;+1/p-1/b22-11-;. The molecule has 10 nitrogen and oxygen atoms in total. The van der Waals surface area contributed by atoms with Gasteiger partial charge in [0.15, 0.2) is 0 Å². The Kier molecular flexibility index (Phi) is 11.6. The van der Waals surface area contributed by atoms with Crippen molar-refractivity contribution in [3.8, 4) is 11.8 Å². The Labute approximate surface area is 252 Å². The molecule has 0 amide bonds. The minimum Gasteiger partial charge on any atom is -0.862 e. The van der Waals surface area contributed by atoms with Gasteiger partial charge in [0, 0.05) is 29.7 Å². The summed E-state index contributed by atoms with van der Waals surface area (Å²) in [5.74, 6) is -1.15. The molecule has 0 saturated heterocycles. The van der Waals surface area contributed by atoms with E-state index in [1.54, 1.807) is 22.9 Å². The number of aliphatic hydroxyl groups is 1. The molecule has 0 saturated carbocycles. The predicted molar refractivity (Wildman–Crippen MR) is 138 cm³/mol. The van der Waals surface area contributed by atoms with Gasteiger partial charge < -0.3 is 25.0 Å². The van der Waals surface area contributed by atoms with Crippen molar-refractivity contribution in [2.24, 2.45) is 12.0 Å². The zero-order chi connectivity index (χ0) is 27.1. The van der Waals surface area contributed by atoms with E-state index in [0.717, 1.165) is 17.6 Å². The number of halogens is 1. The van der Waals surface area contributed by atoms with Crippen LogP contribution in [0.4, 0.5) is 11.4 Å². The first-order chi connectivity index (χ1) is 17.6. The van der Waals surface area contributed by atoms with Crippen LogP contribution < -0.4 is 49.2 Å². The zero-order valence-corrected chi connectivity index (χ0v) is 24.7. The Balaban J connectivity index is 0.00000507. The van der Waals surface area contributed by atoms with E-state index in [0.29, 0.717) is 21.2 Å². The molecule has 192 valence electrons. The van der Waals surface area contributed by atoms with E-state index < -0.39 is 12.5 Å². The second-order valence-electron chi connectivity index (χ2n) is 8.10. The van der Waals surface area contributed by atoms with Crippen molar-refractivity contribution >= 4 is 52.8 Å². The summed E-state index contributed by atoms with van der Waals surface area (Å²) in [6, 6.07) is 13.3. The van der Waals surface area contributed by atoms with E-state index in [1.165, 1.54) is 23.1 Å². The van der Waals surface area contributed by atoms with Crippen molar-refractivity contribution in [2.45, 2.75) is 19.8 Å². The normalized spacial score (nSPS) is 11.5. The number of anilines is 1. The van der Waals surface area contributed by atoms with Crippen LogP contribution in [0, 0.1) is 23.0 Å². The van der Waals surface area contributed by atoms with Crippen molar-refractivity contribution in [1.29, 1.82) is 5.26 Å². The largest absolute Gasteiger partial charge is 1.00 e. The summed E-state index contributed by atoms with van der Waals surface area (Å²) in [6.07, 6.45) is 1.26. The molecule has 0 bridgehead atoms. The molecular formula is C25H24ClN6NaO4S. The van der Waals surface area contributed by atoms with Gasteiger partial charge in [0.1, 0.15) is 11.4 Å². The number of carbonyl (C=O) groups excluding carboxylic acids is 1. The number of aliphatic hydroxyl groups excluding tert-OH is 1. The Morgan fingerprint density at radius 3 is 2.58 bits per heavy atom. The average molecular weight is 563 g/mol. The predicted octanol–water partition coefficient (Wildman–Crippen LogP) is -0.825. The number of carbonyl (C=O) groups is 1. The number of H-pyrrole nitrogens is 1. The number of allylic oxidation sites excluding steroid dienone is 1. The number of aromatic nitrogens is 3. The van der Waals surface area contributed by atoms with E-state index in [1.807, 2.05) is 30.7 Å². The maximum absolute atomic E-state index is 12.5. The van der Waals surface area contributed by atoms with Crippen LogP contribution in [-0.2, 0) is 11.8 Å². The molecule has 1 aromatic heterocycles. The minimum absolute atomic E-state index is 0. The van der Waals surface area contributed by atoms with Gasteiger partial charge in [0.25, 0.3) is 0 Å². The first kappa shape index (κ1) is 31.1. The van der Waals surface area contributed by atoms with E-state index >= 15 is 0 Å². The van der Waals surface area contributed by atoms with Crippen LogP contribution in [0.2, 0.25) is 5.02 Å². The number of hydrogen-bond acceptors (Lipinski definition) is 8. The Morgan fingerprint density at radius 2 is 2.00 bits per heavy atom. The number of hydrogen-bond donors (Lipinski definition) is 2. The number of carboxylic acids is 1. The molecule has 0 radical (unpaired) electrons. The summed E-state index contributed by atoms with van der Waals surface area (Å²) >= 11 is 11.4. The number of carboxylic acid groups (broad SMARTS) is 1. The van der Waals surface area contributed by atoms with Crippen LogP contribution in [-0.4, -0.2) is 39.8 Å². The summed E-state index contributed by atoms with van der Waals surface area (Å²) < 4.78 is 4.21.